The Kier molecular flexibility index (Phi) is 4.39. The second kappa shape index (κ2) is 5.88. The molecular weight excluding hydrogens is 344 g/mol. The third kappa shape index (κ3) is 2.69. The number of hydrogen-bond acceptors (Lipinski definition) is 5. The van der Waals surface area contributed by atoms with E-state index in [1.165, 1.54) is 23.8 Å². The van der Waals surface area contributed by atoms with Crippen LogP contribution in [0.2, 0.25) is 0 Å². The lowest BCUT2D eigenvalue weighted by Gasteiger charge is -2.07. The van der Waals surface area contributed by atoms with Gasteiger partial charge in [-0.15, -0.1) is 0 Å². The predicted octanol–water partition coefficient (Wildman–Crippen LogP) is 2.70. The van der Waals surface area contributed by atoms with Gasteiger partial charge in [0.1, 0.15) is 0 Å². The number of amidine groups is 1. The highest BCUT2D eigenvalue weighted by molar-refractivity contribution is 9.10. The lowest BCUT2D eigenvalue weighted by atomic mass is 10.2. The van der Waals surface area contributed by atoms with Gasteiger partial charge in [-0.3, -0.25) is 14.7 Å². The molecule has 0 aliphatic carbocycles. The minimum Gasteiger partial charge on any atom is -0.503 e. The van der Waals surface area contributed by atoms with Crippen LogP contribution in [0.4, 0.5) is 0 Å². The summed E-state index contributed by atoms with van der Waals surface area (Å²) in [6, 6.07) is 3.39. The second-order valence-corrected chi connectivity index (χ2v) is 5.90. The third-order valence-corrected chi connectivity index (χ3v) is 4.52. The summed E-state index contributed by atoms with van der Waals surface area (Å²) in [6.07, 6.45) is 1.74. The molecule has 1 amide bonds. The van der Waals surface area contributed by atoms with E-state index in [1.54, 1.807) is 32.3 Å². The van der Waals surface area contributed by atoms with Crippen molar-refractivity contribution in [3.05, 3.63) is 27.1 Å². The Hall–Kier alpha value is -1.47. The van der Waals surface area contributed by atoms with Crippen molar-refractivity contribution in [2.24, 2.45) is 4.99 Å². The number of carbonyl (C=O) groups excluding carboxylic acids is 1. The van der Waals surface area contributed by atoms with Crippen LogP contribution in [0, 0.1) is 0 Å². The number of rotatable bonds is 2. The average molecular weight is 357 g/mol. The van der Waals surface area contributed by atoms with Crippen LogP contribution >= 0.6 is 27.7 Å². The maximum Gasteiger partial charge on any atom is 0.266 e. The van der Waals surface area contributed by atoms with E-state index in [1.807, 2.05) is 0 Å². The van der Waals surface area contributed by atoms with Crippen LogP contribution in [0.5, 0.6) is 11.5 Å². The van der Waals surface area contributed by atoms with E-state index in [0.29, 0.717) is 20.3 Å². The quantitative estimate of drug-likeness (QED) is 0.827. The zero-order valence-electron chi connectivity index (χ0n) is 11.2. The monoisotopic (exact) mass is 356 g/mol. The Morgan fingerprint density at radius 2 is 2.20 bits per heavy atom. The molecule has 1 fully saturated rings. The van der Waals surface area contributed by atoms with Gasteiger partial charge in [-0.25, -0.2) is 0 Å². The maximum atomic E-state index is 12.0. The number of hydrogen-bond donors (Lipinski definition) is 1. The fourth-order valence-electron chi connectivity index (χ4n) is 1.73. The van der Waals surface area contributed by atoms with E-state index in [2.05, 4.69) is 20.9 Å². The fourth-order valence-corrected chi connectivity index (χ4v) is 3.12. The van der Waals surface area contributed by atoms with Gasteiger partial charge in [0.2, 0.25) is 0 Å². The van der Waals surface area contributed by atoms with Crippen molar-refractivity contribution in [1.29, 1.82) is 0 Å². The maximum absolute atomic E-state index is 12.0. The van der Waals surface area contributed by atoms with Crippen LogP contribution in [-0.4, -0.2) is 42.3 Å². The number of nitrogens with zero attached hydrogens (tertiary/aromatic N) is 2. The summed E-state index contributed by atoms with van der Waals surface area (Å²) in [6.45, 7) is 0. The number of carbonyl (C=O) groups is 1. The van der Waals surface area contributed by atoms with Crippen molar-refractivity contribution < 1.29 is 14.6 Å². The molecule has 0 unspecified atom stereocenters. The molecule has 1 saturated heterocycles. The Bertz CT molecular complexity index is 628. The molecule has 0 saturated carbocycles. The van der Waals surface area contributed by atoms with Crippen molar-refractivity contribution >= 4 is 44.8 Å². The molecule has 0 aromatic heterocycles. The lowest BCUT2D eigenvalue weighted by molar-refractivity contribution is -0.121. The molecule has 0 spiro atoms. The second-order valence-electron chi connectivity index (χ2n) is 4.03. The highest BCUT2D eigenvalue weighted by atomic mass is 79.9. The first-order valence-corrected chi connectivity index (χ1v) is 7.29. The van der Waals surface area contributed by atoms with Gasteiger partial charge in [0, 0.05) is 14.1 Å². The van der Waals surface area contributed by atoms with Gasteiger partial charge in [0.25, 0.3) is 5.91 Å². The molecule has 1 aromatic rings. The molecule has 2 rings (SSSR count). The molecule has 5 nitrogen and oxygen atoms in total. The van der Waals surface area contributed by atoms with Crippen LogP contribution in [0.15, 0.2) is 26.5 Å². The largest absolute Gasteiger partial charge is 0.503 e. The summed E-state index contributed by atoms with van der Waals surface area (Å²) in [7, 11) is 4.81. The molecule has 1 aliphatic rings. The van der Waals surface area contributed by atoms with Crippen molar-refractivity contribution in [2.45, 2.75) is 0 Å². The number of halogens is 1. The Morgan fingerprint density at radius 1 is 1.50 bits per heavy atom. The number of ether oxygens (including phenoxy) is 1. The van der Waals surface area contributed by atoms with E-state index in [9.17, 15) is 9.90 Å². The first-order chi connectivity index (χ1) is 9.47. The number of benzene rings is 1. The molecule has 1 N–H and O–H groups in total. The normalized spacial score (nSPS) is 19.2. The average Bonchev–Trinajstić information content (AvgIpc) is 2.70. The van der Waals surface area contributed by atoms with Crippen LogP contribution < -0.4 is 4.74 Å². The highest BCUT2D eigenvalue weighted by Gasteiger charge is 2.29. The number of aromatic hydroxyl groups is 1. The number of phenolic OH excluding ortho intramolecular Hbond substituents is 1. The van der Waals surface area contributed by atoms with Gasteiger partial charge in [0.05, 0.1) is 16.5 Å². The Morgan fingerprint density at radius 3 is 2.75 bits per heavy atom. The Labute approximate surface area is 129 Å². The molecule has 0 radical (unpaired) electrons. The zero-order valence-corrected chi connectivity index (χ0v) is 13.6. The topological polar surface area (TPSA) is 62.1 Å². The molecule has 1 heterocycles. The van der Waals surface area contributed by atoms with Crippen molar-refractivity contribution in [1.82, 2.24) is 4.90 Å². The van der Waals surface area contributed by atoms with Gasteiger partial charge >= 0.3 is 0 Å². The first-order valence-electron chi connectivity index (χ1n) is 5.68. The van der Waals surface area contributed by atoms with E-state index in [4.69, 9.17) is 4.74 Å². The SMILES string of the molecule is CN=C1SC(=Cc2cc(Br)c(O)c(OC)c2)C(=O)N1C. The summed E-state index contributed by atoms with van der Waals surface area (Å²) >= 11 is 4.57. The van der Waals surface area contributed by atoms with Crippen LogP contribution in [0.1, 0.15) is 5.56 Å². The summed E-state index contributed by atoms with van der Waals surface area (Å²) in [4.78, 5) is 18.2. The van der Waals surface area contributed by atoms with Crippen molar-refractivity contribution in [3.63, 3.8) is 0 Å². The standard InChI is InChI=1S/C13H13BrN2O3S/c1-15-13-16(2)12(18)10(20-13)6-7-4-8(14)11(17)9(5-7)19-3/h4-6,17H,1-3H3. The molecule has 106 valence electrons. The smallest absolute Gasteiger partial charge is 0.266 e. The van der Waals surface area contributed by atoms with Gasteiger partial charge in [-0.1, -0.05) is 0 Å². The molecule has 1 aromatic carbocycles. The predicted molar refractivity (Wildman–Crippen MR) is 84.1 cm³/mol. The van der Waals surface area contributed by atoms with E-state index in [0.717, 1.165) is 5.56 Å². The number of phenols is 1. The van der Waals surface area contributed by atoms with Crippen LogP contribution in [0.25, 0.3) is 6.08 Å². The minimum absolute atomic E-state index is 0.0352. The van der Waals surface area contributed by atoms with Gasteiger partial charge in [-0.05, 0) is 51.5 Å². The molecule has 20 heavy (non-hydrogen) atoms. The van der Waals surface area contributed by atoms with Crippen LogP contribution in [-0.2, 0) is 4.79 Å². The fraction of sp³-hybridized carbons (Fsp3) is 0.231. The summed E-state index contributed by atoms with van der Waals surface area (Å²) in [5, 5.41) is 10.4. The third-order valence-electron chi connectivity index (χ3n) is 2.76. The summed E-state index contributed by atoms with van der Waals surface area (Å²) < 4.78 is 5.60. The van der Waals surface area contributed by atoms with Crippen LogP contribution in [0.3, 0.4) is 0 Å². The lowest BCUT2D eigenvalue weighted by Crippen LogP contribution is -2.23. The first kappa shape index (κ1) is 14.9. The number of thioether (sulfide) groups is 1. The molecule has 7 heteroatoms. The summed E-state index contributed by atoms with van der Waals surface area (Å²) in [5.74, 6) is 0.283. The molecule has 0 atom stereocenters. The van der Waals surface area contributed by atoms with Gasteiger partial charge in [-0.2, -0.15) is 0 Å². The van der Waals surface area contributed by atoms with Gasteiger partial charge < -0.3 is 9.84 Å². The minimum atomic E-state index is -0.0984. The number of amides is 1. The number of likely N-dealkylation sites (N-methyl/N-ethyl adjacent to an activating group) is 1. The zero-order chi connectivity index (χ0) is 14.9. The molecule has 1 aliphatic heterocycles. The van der Waals surface area contributed by atoms with Gasteiger partial charge in [0.15, 0.2) is 16.7 Å². The highest BCUT2D eigenvalue weighted by Crippen LogP contribution is 2.37. The molecule has 0 bridgehead atoms. The van der Waals surface area contributed by atoms with E-state index < -0.39 is 0 Å². The van der Waals surface area contributed by atoms with Crippen molar-refractivity contribution in [3.8, 4) is 11.5 Å². The molecular formula is C13H13BrN2O3S. The van der Waals surface area contributed by atoms with Crippen molar-refractivity contribution in [2.75, 3.05) is 21.2 Å². The van der Waals surface area contributed by atoms with E-state index >= 15 is 0 Å². The van der Waals surface area contributed by atoms with E-state index in [-0.39, 0.29) is 11.7 Å². The Balaban J connectivity index is 2.42. The number of aliphatic imine (C=N–C) groups is 1. The number of methoxy groups -OCH3 is 1. The summed E-state index contributed by atoms with van der Waals surface area (Å²) in [5.41, 5.74) is 0.758.